The summed E-state index contributed by atoms with van der Waals surface area (Å²) in [5.41, 5.74) is 0. The molecule has 5 heteroatoms. The zero-order valence-electron chi connectivity index (χ0n) is 8.22. The molecule has 0 rings (SSSR count). The highest BCUT2D eigenvalue weighted by molar-refractivity contribution is 7.91. The van der Waals surface area contributed by atoms with Crippen molar-refractivity contribution in [3.63, 3.8) is 0 Å². The van der Waals surface area contributed by atoms with E-state index >= 15 is 0 Å². The molecule has 3 nitrogen and oxygen atoms in total. The summed E-state index contributed by atoms with van der Waals surface area (Å²) in [7, 11) is -2.82. The van der Waals surface area contributed by atoms with Crippen LogP contribution in [0.4, 0.5) is 0 Å². The van der Waals surface area contributed by atoms with Crippen LogP contribution in [0.5, 0.6) is 0 Å². The Morgan fingerprint density at radius 2 is 2.00 bits per heavy atom. The molecule has 80 valence electrons. The van der Waals surface area contributed by atoms with Gasteiger partial charge in [0.1, 0.15) is 0 Å². The van der Waals surface area contributed by atoms with Crippen LogP contribution < -0.4 is 5.32 Å². The largest absolute Gasteiger partial charge is 0.316 e. The van der Waals surface area contributed by atoms with Crippen LogP contribution in [0, 0.1) is 0 Å². The normalized spacial score (nSPS) is 14.4. The van der Waals surface area contributed by atoms with E-state index in [1.165, 1.54) is 0 Å². The number of halogens is 1. The van der Waals surface area contributed by atoms with Crippen molar-refractivity contribution in [3.8, 4) is 0 Å². The molecule has 13 heavy (non-hydrogen) atoms. The van der Waals surface area contributed by atoms with Crippen molar-refractivity contribution in [2.75, 3.05) is 24.6 Å². The molecule has 0 aliphatic rings. The lowest BCUT2D eigenvalue weighted by molar-refractivity contribution is 0.590. The highest BCUT2D eigenvalue weighted by Crippen LogP contribution is 1.97. The average molecular weight is 228 g/mol. The minimum Gasteiger partial charge on any atom is -0.316 e. The molecule has 0 spiro atoms. The van der Waals surface area contributed by atoms with Gasteiger partial charge in [0.2, 0.25) is 0 Å². The summed E-state index contributed by atoms with van der Waals surface area (Å²) in [6.45, 7) is 4.89. The summed E-state index contributed by atoms with van der Waals surface area (Å²) in [5.74, 6) is 0.445. The molecule has 0 saturated carbocycles. The lowest BCUT2D eigenvalue weighted by atomic mass is 10.3. The molecule has 1 N–H and O–H groups in total. The van der Waals surface area contributed by atoms with Gasteiger partial charge < -0.3 is 5.32 Å². The molecule has 1 unspecified atom stereocenters. The van der Waals surface area contributed by atoms with E-state index in [-0.39, 0.29) is 16.9 Å². The van der Waals surface area contributed by atoms with Crippen molar-refractivity contribution in [2.45, 2.75) is 25.6 Å². The second-order valence-corrected chi connectivity index (χ2v) is 6.27. The van der Waals surface area contributed by atoms with E-state index in [0.717, 1.165) is 13.0 Å². The molecular weight excluding hydrogens is 210 g/mol. The Hall–Kier alpha value is 0.200. The smallest absolute Gasteiger partial charge is 0.151 e. The van der Waals surface area contributed by atoms with E-state index in [1.807, 2.05) is 6.92 Å². The van der Waals surface area contributed by atoms with Gasteiger partial charge in [0, 0.05) is 17.7 Å². The van der Waals surface area contributed by atoms with Crippen molar-refractivity contribution < 1.29 is 8.42 Å². The Morgan fingerprint density at radius 3 is 2.46 bits per heavy atom. The molecule has 0 saturated heterocycles. The Morgan fingerprint density at radius 1 is 1.38 bits per heavy atom. The second-order valence-electron chi connectivity index (χ2n) is 3.06. The third-order valence-electron chi connectivity index (χ3n) is 1.75. The van der Waals surface area contributed by atoms with Crippen LogP contribution >= 0.6 is 11.6 Å². The molecule has 0 radical (unpaired) electrons. The molecule has 0 heterocycles. The first-order chi connectivity index (χ1) is 5.98. The van der Waals surface area contributed by atoms with Crippen LogP contribution in [-0.2, 0) is 9.84 Å². The number of sulfone groups is 1. The third kappa shape index (κ3) is 8.53. The van der Waals surface area contributed by atoms with Gasteiger partial charge in [-0.15, -0.1) is 11.6 Å². The maximum absolute atomic E-state index is 11.0. The minimum atomic E-state index is -2.82. The van der Waals surface area contributed by atoms with Crippen molar-refractivity contribution in [2.24, 2.45) is 0 Å². The fourth-order valence-corrected chi connectivity index (χ4v) is 1.65. The van der Waals surface area contributed by atoms with Crippen LogP contribution in [0.1, 0.15) is 20.3 Å². The van der Waals surface area contributed by atoms with Gasteiger partial charge in [-0.1, -0.05) is 6.92 Å². The van der Waals surface area contributed by atoms with E-state index in [4.69, 9.17) is 11.6 Å². The zero-order chi connectivity index (χ0) is 10.3. The SMILES string of the molecule is CCS(=O)(=O)CCNCCC(C)Cl. The highest BCUT2D eigenvalue weighted by atomic mass is 35.5. The molecule has 0 amide bonds. The monoisotopic (exact) mass is 227 g/mol. The maximum atomic E-state index is 11.0. The van der Waals surface area contributed by atoms with Crippen molar-refractivity contribution >= 4 is 21.4 Å². The number of rotatable bonds is 7. The number of hydrogen-bond acceptors (Lipinski definition) is 3. The fraction of sp³-hybridized carbons (Fsp3) is 1.00. The average Bonchev–Trinajstić information content (AvgIpc) is 2.03. The second kappa shape index (κ2) is 6.62. The van der Waals surface area contributed by atoms with E-state index in [2.05, 4.69) is 5.32 Å². The van der Waals surface area contributed by atoms with Crippen molar-refractivity contribution in [1.29, 1.82) is 0 Å². The first-order valence-electron chi connectivity index (χ1n) is 4.53. The molecule has 0 bridgehead atoms. The van der Waals surface area contributed by atoms with Gasteiger partial charge in [0.15, 0.2) is 9.84 Å². The Labute approximate surface area is 85.8 Å². The molecule has 0 aliphatic heterocycles. The van der Waals surface area contributed by atoms with Gasteiger partial charge in [-0.05, 0) is 19.9 Å². The van der Waals surface area contributed by atoms with Gasteiger partial charge in [-0.3, -0.25) is 0 Å². The van der Waals surface area contributed by atoms with Crippen molar-refractivity contribution in [3.05, 3.63) is 0 Å². The predicted molar refractivity (Wildman–Crippen MR) is 57.1 cm³/mol. The summed E-state index contributed by atoms with van der Waals surface area (Å²) in [4.78, 5) is 0. The molecule has 0 fully saturated rings. The Kier molecular flexibility index (Phi) is 6.73. The highest BCUT2D eigenvalue weighted by Gasteiger charge is 2.05. The first-order valence-corrected chi connectivity index (χ1v) is 6.79. The summed E-state index contributed by atoms with van der Waals surface area (Å²) >= 11 is 5.72. The van der Waals surface area contributed by atoms with E-state index < -0.39 is 9.84 Å². The van der Waals surface area contributed by atoms with Crippen LogP contribution in [0.25, 0.3) is 0 Å². The fourth-order valence-electron chi connectivity index (χ4n) is 0.798. The van der Waals surface area contributed by atoms with E-state index in [0.29, 0.717) is 6.54 Å². The van der Waals surface area contributed by atoms with Gasteiger partial charge in [-0.25, -0.2) is 8.42 Å². The molecular formula is C8H18ClNO2S. The molecule has 0 aliphatic carbocycles. The number of hydrogen-bond donors (Lipinski definition) is 1. The standard InChI is InChI=1S/C8H18ClNO2S/c1-3-13(11,12)7-6-10-5-4-8(2)9/h8,10H,3-7H2,1-2H3. The Bertz CT molecular complexity index is 214. The number of nitrogens with one attached hydrogen (secondary N) is 1. The van der Waals surface area contributed by atoms with Gasteiger partial charge in [0.25, 0.3) is 0 Å². The van der Waals surface area contributed by atoms with E-state index in [9.17, 15) is 8.42 Å². The van der Waals surface area contributed by atoms with Gasteiger partial charge in [-0.2, -0.15) is 0 Å². The summed E-state index contributed by atoms with van der Waals surface area (Å²) in [5, 5.41) is 3.19. The van der Waals surface area contributed by atoms with Gasteiger partial charge >= 0.3 is 0 Å². The van der Waals surface area contributed by atoms with Crippen LogP contribution in [0.3, 0.4) is 0 Å². The minimum absolute atomic E-state index is 0.148. The summed E-state index contributed by atoms with van der Waals surface area (Å²) < 4.78 is 22.1. The summed E-state index contributed by atoms with van der Waals surface area (Å²) in [6, 6.07) is 0. The maximum Gasteiger partial charge on any atom is 0.151 e. The summed E-state index contributed by atoms with van der Waals surface area (Å²) in [6.07, 6.45) is 0.869. The lowest BCUT2D eigenvalue weighted by Crippen LogP contribution is -2.25. The molecule has 0 aromatic carbocycles. The zero-order valence-corrected chi connectivity index (χ0v) is 9.79. The van der Waals surface area contributed by atoms with E-state index in [1.54, 1.807) is 6.92 Å². The van der Waals surface area contributed by atoms with Crippen LogP contribution in [-0.4, -0.2) is 38.4 Å². The third-order valence-corrected chi connectivity index (χ3v) is 3.67. The Balaban J connectivity index is 3.37. The first kappa shape index (κ1) is 13.2. The van der Waals surface area contributed by atoms with Crippen LogP contribution in [0.15, 0.2) is 0 Å². The van der Waals surface area contributed by atoms with Crippen molar-refractivity contribution in [1.82, 2.24) is 5.32 Å². The molecule has 0 aromatic rings. The van der Waals surface area contributed by atoms with Crippen LogP contribution in [0.2, 0.25) is 0 Å². The molecule has 0 aromatic heterocycles. The number of alkyl halides is 1. The topological polar surface area (TPSA) is 46.2 Å². The van der Waals surface area contributed by atoms with Gasteiger partial charge in [0.05, 0.1) is 5.75 Å². The molecule has 1 atom stereocenters. The lowest BCUT2D eigenvalue weighted by Gasteiger charge is -2.05. The predicted octanol–water partition coefficient (Wildman–Crippen LogP) is 1.03. The quantitative estimate of drug-likeness (QED) is 0.522.